The van der Waals surface area contributed by atoms with Crippen LogP contribution in [0.1, 0.15) is 36.4 Å². The first-order valence-corrected chi connectivity index (χ1v) is 8.80. The first-order chi connectivity index (χ1) is 13.0. The molecule has 142 valence electrons. The largest absolute Gasteiger partial charge is 0.497 e. The lowest BCUT2D eigenvalue weighted by atomic mass is 10.1. The molecule has 3 rings (SSSR count). The van der Waals surface area contributed by atoms with Gasteiger partial charge in [-0.2, -0.15) is 0 Å². The molecule has 7 heteroatoms. The summed E-state index contributed by atoms with van der Waals surface area (Å²) < 4.78 is 10.4. The number of carbonyl (C=O) groups is 2. The molecule has 0 radical (unpaired) electrons. The van der Waals surface area contributed by atoms with Gasteiger partial charge in [0.05, 0.1) is 13.3 Å². The summed E-state index contributed by atoms with van der Waals surface area (Å²) in [5, 5.41) is 3.61. The Morgan fingerprint density at radius 3 is 2.81 bits per heavy atom. The van der Waals surface area contributed by atoms with Crippen LogP contribution in [0, 0.1) is 0 Å². The zero-order valence-electron chi connectivity index (χ0n) is 15.8. The smallest absolute Gasteiger partial charge is 0.296 e. The summed E-state index contributed by atoms with van der Waals surface area (Å²) in [7, 11) is 1.59. The van der Waals surface area contributed by atoms with Crippen LogP contribution in [0.4, 0.5) is 5.69 Å². The van der Waals surface area contributed by atoms with Gasteiger partial charge in [0.2, 0.25) is 11.7 Å². The lowest BCUT2D eigenvalue weighted by Crippen LogP contribution is -2.40. The first-order valence-electron chi connectivity index (χ1n) is 8.80. The minimum Gasteiger partial charge on any atom is -0.497 e. The summed E-state index contributed by atoms with van der Waals surface area (Å²) in [5.74, 6) is 0.503. The number of amides is 2. The Bertz CT molecular complexity index is 854. The molecule has 0 N–H and O–H groups in total. The van der Waals surface area contributed by atoms with E-state index >= 15 is 0 Å². The summed E-state index contributed by atoms with van der Waals surface area (Å²) in [5.41, 5.74) is 2.74. The molecule has 0 unspecified atom stereocenters. The average molecular weight is 369 g/mol. The number of fused-ring (bicyclic) bond motifs is 1. The van der Waals surface area contributed by atoms with Gasteiger partial charge in [-0.25, -0.2) is 0 Å². The van der Waals surface area contributed by atoms with Gasteiger partial charge in [0.25, 0.3) is 5.91 Å². The summed E-state index contributed by atoms with van der Waals surface area (Å²) in [6.45, 7) is 5.21. The molecular weight excluding hydrogens is 346 g/mol. The van der Waals surface area contributed by atoms with Crippen molar-refractivity contribution in [1.29, 1.82) is 0 Å². The first kappa shape index (κ1) is 18.7. The van der Waals surface area contributed by atoms with E-state index < -0.39 is 0 Å². The van der Waals surface area contributed by atoms with Crippen LogP contribution in [-0.4, -0.2) is 42.1 Å². The fraction of sp³-hybridized carbons (Fsp3) is 0.350. The number of benzene rings is 1. The maximum atomic E-state index is 12.9. The predicted molar refractivity (Wildman–Crippen MR) is 101 cm³/mol. The molecule has 0 spiro atoms. The van der Waals surface area contributed by atoms with Crippen molar-refractivity contribution in [1.82, 2.24) is 10.1 Å². The molecule has 1 aliphatic heterocycles. The summed E-state index contributed by atoms with van der Waals surface area (Å²) >= 11 is 0. The van der Waals surface area contributed by atoms with E-state index in [1.165, 1.54) is 12.3 Å². The number of rotatable bonds is 4. The van der Waals surface area contributed by atoms with Gasteiger partial charge < -0.3 is 19.1 Å². The van der Waals surface area contributed by atoms with Gasteiger partial charge in [0, 0.05) is 37.8 Å². The fourth-order valence-electron chi connectivity index (χ4n) is 2.99. The summed E-state index contributed by atoms with van der Waals surface area (Å²) in [6, 6.07) is 7.04. The third-order valence-corrected chi connectivity index (χ3v) is 4.45. The second kappa shape index (κ2) is 8.07. The van der Waals surface area contributed by atoms with Crippen LogP contribution in [0.25, 0.3) is 0 Å². The highest BCUT2D eigenvalue weighted by molar-refractivity contribution is 6.05. The number of methoxy groups -OCH3 is 1. The molecule has 0 saturated heterocycles. The van der Waals surface area contributed by atoms with Gasteiger partial charge in [-0.1, -0.05) is 16.8 Å². The van der Waals surface area contributed by atoms with E-state index in [4.69, 9.17) is 9.26 Å². The summed E-state index contributed by atoms with van der Waals surface area (Å²) in [4.78, 5) is 28.9. The van der Waals surface area contributed by atoms with E-state index in [-0.39, 0.29) is 30.5 Å². The second-order valence-corrected chi connectivity index (χ2v) is 6.63. The quantitative estimate of drug-likeness (QED) is 0.775. The molecule has 0 saturated carbocycles. The Balaban J connectivity index is 2.00. The molecular formula is C20H23N3O4. The van der Waals surface area contributed by atoms with Crippen molar-refractivity contribution in [2.24, 2.45) is 0 Å². The number of hydrogen-bond acceptors (Lipinski definition) is 5. The van der Waals surface area contributed by atoms with Gasteiger partial charge in [-0.3, -0.25) is 9.59 Å². The zero-order valence-corrected chi connectivity index (χ0v) is 15.8. The van der Waals surface area contributed by atoms with Crippen molar-refractivity contribution in [2.45, 2.75) is 26.8 Å². The van der Waals surface area contributed by atoms with Crippen LogP contribution in [0.15, 0.2) is 46.6 Å². The Labute approximate surface area is 158 Å². The minimum atomic E-state index is -0.315. The molecule has 0 fully saturated rings. The number of ether oxygens (including phenoxy) is 1. The van der Waals surface area contributed by atoms with Crippen molar-refractivity contribution >= 4 is 17.5 Å². The fourth-order valence-corrected chi connectivity index (χ4v) is 2.99. The van der Waals surface area contributed by atoms with E-state index in [0.29, 0.717) is 18.8 Å². The molecule has 0 aliphatic carbocycles. The molecule has 0 bridgehead atoms. The van der Waals surface area contributed by atoms with Crippen molar-refractivity contribution in [2.75, 3.05) is 25.1 Å². The topological polar surface area (TPSA) is 75.9 Å². The SMILES string of the molecule is COc1ccc2c(c1)CN(CC=C(C)C)C(=O)CCN2C(=O)c1ccno1. The van der Waals surface area contributed by atoms with Crippen LogP contribution >= 0.6 is 0 Å². The van der Waals surface area contributed by atoms with E-state index in [1.807, 2.05) is 38.1 Å². The minimum absolute atomic E-state index is 0.00339. The van der Waals surface area contributed by atoms with Crippen molar-refractivity contribution in [3.05, 3.63) is 53.4 Å². The molecule has 7 nitrogen and oxygen atoms in total. The molecule has 1 aromatic heterocycles. The second-order valence-electron chi connectivity index (χ2n) is 6.63. The average Bonchev–Trinajstić information content (AvgIpc) is 3.18. The zero-order chi connectivity index (χ0) is 19.4. The van der Waals surface area contributed by atoms with E-state index in [2.05, 4.69) is 5.16 Å². The van der Waals surface area contributed by atoms with E-state index in [9.17, 15) is 9.59 Å². The van der Waals surface area contributed by atoms with Gasteiger partial charge >= 0.3 is 0 Å². The number of allylic oxidation sites excluding steroid dienone is 1. The Kier molecular flexibility index (Phi) is 5.59. The van der Waals surface area contributed by atoms with Gasteiger partial charge in [0.15, 0.2) is 0 Å². The lowest BCUT2D eigenvalue weighted by Gasteiger charge is -2.31. The molecule has 2 aromatic rings. The van der Waals surface area contributed by atoms with Crippen molar-refractivity contribution in [3.8, 4) is 5.75 Å². The highest BCUT2D eigenvalue weighted by Gasteiger charge is 2.28. The third kappa shape index (κ3) is 4.19. The molecule has 1 aromatic carbocycles. The number of hydrogen-bond donors (Lipinski definition) is 0. The van der Waals surface area contributed by atoms with Gasteiger partial charge in [0.1, 0.15) is 5.75 Å². The number of aromatic nitrogens is 1. The maximum Gasteiger partial charge on any atom is 0.296 e. The van der Waals surface area contributed by atoms with Crippen LogP contribution in [0.5, 0.6) is 5.75 Å². The normalized spacial score (nSPS) is 14.3. The Morgan fingerprint density at radius 1 is 1.33 bits per heavy atom. The maximum absolute atomic E-state index is 12.9. The highest BCUT2D eigenvalue weighted by Crippen LogP contribution is 2.30. The standard InChI is InChI=1S/C20H23N3O4/c1-14(2)7-10-22-13-15-12-16(26-3)4-5-17(15)23(11-8-19(22)24)20(25)18-6-9-21-27-18/h4-7,9,12H,8,10-11,13H2,1-3H3. The molecule has 1 aliphatic rings. The molecule has 27 heavy (non-hydrogen) atoms. The highest BCUT2D eigenvalue weighted by atomic mass is 16.5. The van der Waals surface area contributed by atoms with Gasteiger partial charge in [-0.05, 0) is 37.6 Å². The Hall–Kier alpha value is -3.09. The number of carbonyl (C=O) groups excluding carboxylic acids is 2. The molecule has 2 amide bonds. The van der Waals surface area contributed by atoms with Crippen LogP contribution in [0.3, 0.4) is 0 Å². The Morgan fingerprint density at radius 2 is 2.15 bits per heavy atom. The summed E-state index contributed by atoms with van der Waals surface area (Å²) in [6.07, 6.45) is 3.69. The predicted octanol–water partition coefficient (Wildman–Crippen LogP) is 3.03. The number of anilines is 1. The third-order valence-electron chi connectivity index (χ3n) is 4.45. The van der Waals surface area contributed by atoms with Crippen LogP contribution in [0.2, 0.25) is 0 Å². The number of nitrogens with zero attached hydrogens (tertiary/aromatic N) is 3. The van der Waals surface area contributed by atoms with E-state index in [1.54, 1.807) is 16.9 Å². The van der Waals surface area contributed by atoms with Gasteiger partial charge in [-0.15, -0.1) is 0 Å². The van der Waals surface area contributed by atoms with E-state index in [0.717, 1.165) is 16.8 Å². The monoisotopic (exact) mass is 369 g/mol. The lowest BCUT2D eigenvalue weighted by molar-refractivity contribution is -0.131. The van der Waals surface area contributed by atoms with Crippen LogP contribution in [-0.2, 0) is 11.3 Å². The molecule has 2 heterocycles. The van der Waals surface area contributed by atoms with Crippen molar-refractivity contribution < 1.29 is 18.8 Å². The molecule has 0 atom stereocenters. The van der Waals surface area contributed by atoms with Crippen LogP contribution < -0.4 is 9.64 Å². The van der Waals surface area contributed by atoms with Crippen molar-refractivity contribution in [3.63, 3.8) is 0 Å².